The van der Waals surface area contributed by atoms with Crippen LogP contribution in [0.2, 0.25) is 0 Å². The summed E-state index contributed by atoms with van der Waals surface area (Å²) in [6, 6.07) is 5.18. The third-order valence-electron chi connectivity index (χ3n) is 4.98. The van der Waals surface area contributed by atoms with E-state index in [-0.39, 0.29) is 6.42 Å². The van der Waals surface area contributed by atoms with Gasteiger partial charge in [-0.25, -0.2) is 14.6 Å². The molecule has 1 aliphatic rings. The Bertz CT molecular complexity index is 928. The monoisotopic (exact) mass is 416 g/mol. The highest BCUT2D eigenvalue weighted by Gasteiger charge is 2.36. The van der Waals surface area contributed by atoms with E-state index >= 15 is 0 Å². The molecule has 10 heteroatoms. The number of benzene rings is 1. The lowest BCUT2D eigenvalue weighted by Gasteiger charge is -2.36. The molecule has 0 saturated carbocycles. The van der Waals surface area contributed by atoms with Crippen molar-refractivity contribution in [3.63, 3.8) is 0 Å². The van der Waals surface area contributed by atoms with Gasteiger partial charge in [0.2, 0.25) is 0 Å². The number of imidazole rings is 1. The largest absolute Gasteiger partial charge is 0.497 e. The standard InChI is InChI=1S/C20H24N4O6/c1-28-13-6-4-5-12(9-13)18-17-14(21-11-22-17)7-8-24(18)20(27)23-15(19(26)30-3)10-16(25)29-2/h4-6,9,11,15,18H,7-8,10H2,1-3H3,(H,21,22)(H,23,27)/t15-,18+/m1/s1. The first-order valence-electron chi connectivity index (χ1n) is 9.36. The molecule has 1 aliphatic heterocycles. The summed E-state index contributed by atoms with van der Waals surface area (Å²) in [4.78, 5) is 46.0. The van der Waals surface area contributed by atoms with Crippen LogP contribution in [0.5, 0.6) is 5.75 Å². The van der Waals surface area contributed by atoms with Gasteiger partial charge >= 0.3 is 18.0 Å². The van der Waals surface area contributed by atoms with Crippen molar-refractivity contribution < 1.29 is 28.6 Å². The first kappa shape index (κ1) is 21.2. The van der Waals surface area contributed by atoms with Crippen LogP contribution in [0.4, 0.5) is 4.79 Å². The van der Waals surface area contributed by atoms with E-state index in [4.69, 9.17) is 9.47 Å². The molecule has 2 atom stereocenters. The van der Waals surface area contributed by atoms with Gasteiger partial charge in [0.05, 0.1) is 39.8 Å². The molecule has 0 unspecified atom stereocenters. The predicted molar refractivity (Wildman–Crippen MR) is 105 cm³/mol. The fourth-order valence-electron chi connectivity index (χ4n) is 3.46. The summed E-state index contributed by atoms with van der Waals surface area (Å²) in [6.07, 6.45) is 1.83. The van der Waals surface area contributed by atoms with Crippen molar-refractivity contribution >= 4 is 18.0 Å². The second-order valence-electron chi connectivity index (χ2n) is 6.69. The second kappa shape index (κ2) is 9.29. The summed E-state index contributed by atoms with van der Waals surface area (Å²) < 4.78 is 14.7. The molecule has 2 aromatic rings. The molecule has 3 rings (SSSR count). The summed E-state index contributed by atoms with van der Waals surface area (Å²) in [5.41, 5.74) is 2.46. The van der Waals surface area contributed by atoms with Crippen molar-refractivity contribution in [2.75, 3.05) is 27.9 Å². The van der Waals surface area contributed by atoms with Crippen LogP contribution in [0.3, 0.4) is 0 Å². The lowest BCUT2D eigenvalue weighted by molar-refractivity contribution is -0.149. The van der Waals surface area contributed by atoms with Gasteiger partial charge in [0.25, 0.3) is 0 Å². The highest BCUT2D eigenvalue weighted by molar-refractivity contribution is 5.87. The van der Waals surface area contributed by atoms with Crippen molar-refractivity contribution in [2.45, 2.75) is 24.9 Å². The minimum absolute atomic E-state index is 0.333. The van der Waals surface area contributed by atoms with Crippen LogP contribution in [0.25, 0.3) is 0 Å². The maximum absolute atomic E-state index is 13.2. The molecule has 2 N–H and O–H groups in total. The van der Waals surface area contributed by atoms with Crippen molar-refractivity contribution in [1.29, 1.82) is 0 Å². The average Bonchev–Trinajstić information content (AvgIpc) is 3.26. The summed E-state index contributed by atoms with van der Waals surface area (Å²) in [6.45, 7) is 0.384. The van der Waals surface area contributed by atoms with E-state index < -0.39 is 30.1 Å². The smallest absolute Gasteiger partial charge is 0.329 e. The Morgan fingerprint density at radius 2 is 2.07 bits per heavy atom. The van der Waals surface area contributed by atoms with E-state index in [0.717, 1.165) is 11.3 Å². The number of ether oxygens (including phenoxy) is 3. The number of urea groups is 1. The third-order valence-corrected chi connectivity index (χ3v) is 4.98. The van der Waals surface area contributed by atoms with Crippen LogP contribution in [0.1, 0.15) is 29.4 Å². The van der Waals surface area contributed by atoms with Crippen molar-refractivity contribution in [1.82, 2.24) is 20.2 Å². The van der Waals surface area contributed by atoms with Gasteiger partial charge in [-0.05, 0) is 17.7 Å². The molecule has 0 radical (unpaired) electrons. The van der Waals surface area contributed by atoms with Crippen LogP contribution in [-0.4, -0.2) is 66.8 Å². The van der Waals surface area contributed by atoms with Crippen LogP contribution >= 0.6 is 0 Å². The average molecular weight is 416 g/mol. The number of hydrogen-bond donors (Lipinski definition) is 2. The van der Waals surface area contributed by atoms with Crippen molar-refractivity contribution in [3.05, 3.63) is 47.5 Å². The maximum atomic E-state index is 13.2. The zero-order valence-corrected chi connectivity index (χ0v) is 17.0. The number of carbonyl (C=O) groups excluding carboxylic acids is 3. The number of rotatable bonds is 6. The van der Waals surface area contributed by atoms with Crippen molar-refractivity contribution in [3.8, 4) is 5.75 Å². The van der Waals surface area contributed by atoms with E-state index in [0.29, 0.717) is 24.4 Å². The molecule has 30 heavy (non-hydrogen) atoms. The molecule has 0 bridgehead atoms. The Labute approximate surface area is 173 Å². The van der Waals surface area contributed by atoms with Crippen LogP contribution in [0, 0.1) is 0 Å². The second-order valence-corrected chi connectivity index (χ2v) is 6.69. The lowest BCUT2D eigenvalue weighted by atomic mass is 9.95. The van der Waals surface area contributed by atoms with E-state index in [1.54, 1.807) is 18.3 Å². The molecule has 0 fully saturated rings. The minimum Gasteiger partial charge on any atom is -0.497 e. The number of H-pyrrole nitrogens is 1. The molecular formula is C20H24N4O6. The van der Waals surface area contributed by atoms with E-state index in [1.165, 1.54) is 14.2 Å². The fraction of sp³-hybridized carbons (Fsp3) is 0.400. The molecule has 0 aliphatic carbocycles. The van der Waals surface area contributed by atoms with Crippen LogP contribution in [0.15, 0.2) is 30.6 Å². The summed E-state index contributed by atoms with van der Waals surface area (Å²) in [5, 5.41) is 2.60. The number of methoxy groups -OCH3 is 3. The zero-order chi connectivity index (χ0) is 21.7. The number of aromatic nitrogens is 2. The fourth-order valence-corrected chi connectivity index (χ4v) is 3.46. The highest BCUT2D eigenvalue weighted by Crippen LogP contribution is 2.34. The number of carbonyl (C=O) groups is 3. The summed E-state index contributed by atoms with van der Waals surface area (Å²) in [7, 11) is 3.97. The molecule has 2 amide bonds. The molecule has 160 valence electrons. The van der Waals surface area contributed by atoms with Gasteiger partial charge in [-0.15, -0.1) is 0 Å². The molecule has 1 aromatic carbocycles. The van der Waals surface area contributed by atoms with Gasteiger partial charge in [-0.1, -0.05) is 12.1 Å². The maximum Gasteiger partial charge on any atom is 0.329 e. The van der Waals surface area contributed by atoms with Gasteiger partial charge in [-0.3, -0.25) is 4.79 Å². The Balaban J connectivity index is 1.90. The Morgan fingerprint density at radius 3 is 2.77 bits per heavy atom. The highest BCUT2D eigenvalue weighted by atomic mass is 16.5. The van der Waals surface area contributed by atoms with Crippen molar-refractivity contribution in [2.24, 2.45) is 0 Å². The number of hydrogen-bond acceptors (Lipinski definition) is 7. The number of aromatic amines is 1. The molecule has 2 heterocycles. The SMILES string of the molecule is COC(=O)C[C@@H](NC(=O)N1CCc2[nH]cnc2[C@@H]1c1cccc(OC)c1)C(=O)OC. The Morgan fingerprint density at radius 1 is 1.27 bits per heavy atom. The molecular weight excluding hydrogens is 392 g/mol. The minimum atomic E-state index is -1.17. The normalized spacial score (nSPS) is 16.2. The summed E-state index contributed by atoms with van der Waals surface area (Å²) in [5.74, 6) is -0.721. The number of fused-ring (bicyclic) bond motifs is 1. The zero-order valence-electron chi connectivity index (χ0n) is 17.0. The third kappa shape index (κ3) is 4.37. The molecule has 0 spiro atoms. The number of nitrogens with zero attached hydrogens (tertiary/aromatic N) is 2. The molecule has 10 nitrogen and oxygen atoms in total. The van der Waals surface area contributed by atoms with Gasteiger partial charge in [0.1, 0.15) is 17.8 Å². The molecule has 0 saturated heterocycles. The van der Waals surface area contributed by atoms with E-state index in [9.17, 15) is 14.4 Å². The van der Waals surface area contributed by atoms with Crippen LogP contribution in [-0.2, 0) is 25.5 Å². The molecule has 1 aromatic heterocycles. The van der Waals surface area contributed by atoms with Gasteiger partial charge < -0.3 is 29.4 Å². The number of amides is 2. The lowest BCUT2D eigenvalue weighted by Crippen LogP contribution is -2.52. The number of esters is 2. The summed E-state index contributed by atoms with van der Waals surface area (Å²) >= 11 is 0. The predicted octanol–water partition coefficient (Wildman–Crippen LogP) is 1.18. The Hall–Kier alpha value is -3.56. The number of nitrogens with one attached hydrogen (secondary N) is 2. The van der Waals surface area contributed by atoms with Gasteiger partial charge in [0, 0.05) is 18.7 Å². The van der Waals surface area contributed by atoms with E-state index in [1.807, 2.05) is 24.3 Å². The van der Waals surface area contributed by atoms with Crippen LogP contribution < -0.4 is 10.1 Å². The van der Waals surface area contributed by atoms with Gasteiger partial charge in [0.15, 0.2) is 0 Å². The Kier molecular flexibility index (Phi) is 6.55. The topological polar surface area (TPSA) is 123 Å². The first-order chi connectivity index (χ1) is 14.5. The first-order valence-corrected chi connectivity index (χ1v) is 9.36. The van der Waals surface area contributed by atoms with E-state index in [2.05, 4.69) is 20.0 Å². The quantitative estimate of drug-likeness (QED) is 0.678. The van der Waals surface area contributed by atoms with Gasteiger partial charge in [-0.2, -0.15) is 0 Å².